The molecule has 0 amide bonds. The molecule has 0 aliphatic rings. The monoisotopic (exact) mass is 208 g/mol. The van der Waals surface area contributed by atoms with Crippen LogP contribution in [0.25, 0.3) is 0 Å². The average Bonchev–Trinajstić information content (AvgIpc) is 2.18. The highest BCUT2D eigenvalue weighted by atomic mass is 16.5. The summed E-state index contributed by atoms with van der Waals surface area (Å²) in [7, 11) is 0. The fourth-order valence-corrected chi connectivity index (χ4v) is 1.03. The van der Waals surface area contributed by atoms with Crippen LogP contribution in [0.15, 0.2) is 23.5 Å². The van der Waals surface area contributed by atoms with Crippen LogP contribution in [-0.4, -0.2) is 28.5 Å². The highest BCUT2D eigenvalue weighted by Gasteiger charge is 2.13. The molecule has 1 heterocycles. The zero-order valence-electron chi connectivity index (χ0n) is 8.54. The number of carbonyl (C=O) groups excluding carboxylic acids is 1. The highest BCUT2D eigenvalue weighted by Crippen LogP contribution is 2.06. The summed E-state index contributed by atoms with van der Waals surface area (Å²) in [6, 6.07) is 3.18. The molecule has 1 rings (SSSR count). The maximum atomic E-state index is 11.5. The second-order valence-corrected chi connectivity index (χ2v) is 3.13. The minimum Gasteiger partial charge on any atom is -0.459 e. The zero-order valence-corrected chi connectivity index (χ0v) is 8.54. The van der Waals surface area contributed by atoms with E-state index in [9.17, 15) is 4.79 Å². The number of pyridine rings is 1. The Kier molecular flexibility index (Phi) is 3.79. The summed E-state index contributed by atoms with van der Waals surface area (Å²) < 4.78 is 5.00. The van der Waals surface area contributed by atoms with Gasteiger partial charge in [-0.1, -0.05) is 5.16 Å². The van der Waals surface area contributed by atoms with Crippen LogP contribution in [0.1, 0.15) is 29.9 Å². The Hall–Kier alpha value is -1.91. The normalized spacial score (nSPS) is 10.9. The van der Waals surface area contributed by atoms with Gasteiger partial charge >= 0.3 is 5.97 Å². The highest BCUT2D eigenvalue weighted by molar-refractivity contribution is 5.98. The molecular weight excluding hydrogens is 196 g/mol. The topological polar surface area (TPSA) is 71.8 Å². The third-order valence-corrected chi connectivity index (χ3v) is 1.58. The smallest absolute Gasteiger partial charge is 0.340 e. The molecule has 1 aromatic heterocycles. The van der Waals surface area contributed by atoms with Crippen LogP contribution in [0.5, 0.6) is 0 Å². The van der Waals surface area contributed by atoms with E-state index in [4.69, 9.17) is 9.94 Å². The number of hydrogen-bond donors (Lipinski definition) is 1. The summed E-state index contributed by atoms with van der Waals surface area (Å²) in [5.74, 6) is -0.479. The summed E-state index contributed by atoms with van der Waals surface area (Å²) in [5.41, 5.74) is 0.564. The van der Waals surface area contributed by atoms with Crippen molar-refractivity contribution in [2.75, 3.05) is 0 Å². The van der Waals surface area contributed by atoms with Crippen LogP contribution in [0.4, 0.5) is 0 Å². The maximum absolute atomic E-state index is 11.5. The zero-order chi connectivity index (χ0) is 11.3. The molecule has 0 bridgehead atoms. The third kappa shape index (κ3) is 3.05. The first-order valence-corrected chi connectivity index (χ1v) is 4.48. The van der Waals surface area contributed by atoms with Crippen molar-refractivity contribution in [3.05, 3.63) is 29.6 Å². The van der Waals surface area contributed by atoms with Crippen LogP contribution in [0.2, 0.25) is 0 Å². The summed E-state index contributed by atoms with van der Waals surface area (Å²) in [4.78, 5) is 15.4. The second-order valence-electron chi connectivity index (χ2n) is 3.13. The van der Waals surface area contributed by atoms with Crippen LogP contribution in [0, 0.1) is 0 Å². The van der Waals surface area contributed by atoms with E-state index in [1.165, 1.54) is 6.20 Å². The van der Waals surface area contributed by atoms with Gasteiger partial charge in [-0.3, -0.25) is 4.98 Å². The molecule has 1 aromatic rings. The van der Waals surface area contributed by atoms with Crippen LogP contribution in [0.3, 0.4) is 0 Å². The van der Waals surface area contributed by atoms with Crippen molar-refractivity contribution in [1.82, 2.24) is 4.98 Å². The van der Waals surface area contributed by atoms with E-state index in [-0.39, 0.29) is 17.4 Å². The fourth-order valence-electron chi connectivity index (χ4n) is 1.03. The first kappa shape index (κ1) is 11.2. The Morgan fingerprint density at radius 3 is 3.00 bits per heavy atom. The van der Waals surface area contributed by atoms with Gasteiger partial charge in [0, 0.05) is 6.20 Å². The van der Waals surface area contributed by atoms with E-state index in [0.29, 0.717) is 0 Å². The summed E-state index contributed by atoms with van der Waals surface area (Å²) in [6.07, 6.45) is 2.40. The number of ether oxygens (including phenoxy) is 1. The SMILES string of the molecule is CC(C)OC(=O)c1cccnc1/C=N\O. The minimum absolute atomic E-state index is 0.198. The molecule has 5 heteroatoms. The molecule has 0 aliphatic heterocycles. The summed E-state index contributed by atoms with van der Waals surface area (Å²) >= 11 is 0. The van der Waals surface area contributed by atoms with Crippen molar-refractivity contribution in [3.63, 3.8) is 0 Å². The Bertz CT molecular complexity index is 375. The number of rotatable bonds is 3. The van der Waals surface area contributed by atoms with E-state index in [1.807, 2.05) is 0 Å². The van der Waals surface area contributed by atoms with Crippen molar-refractivity contribution >= 4 is 12.2 Å². The molecule has 0 fully saturated rings. The molecule has 0 radical (unpaired) electrons. The molecule has 0 aromatic carbocycles. The van der Waals surface area contributed by atoms with E-state index >= 15 is 0 Å². The summed E-state index contributed by atoms with van der Waals surface area (Å²) in [6.45, 7) is 3.52. The molecule has 0 saturated heterocycles. The quantitative estimate of drug-likeness (QED) is 0.353. The predicted octanol–water partition coefficient (Wildman–Crippen LogP) is 1.45. The lowest BCUT2D eigenvalue weighted by molar-refractivity contribution is 0.0377. The van der Waals surface area contributed by atoms with Gasteiger partial charge in [0.2, 0.25) is 0 Å². The molecule has 0 saturated carbocycles. The van der Waals surface area contributed by atoms with Crippen molar-refractivity contribution < 1.29 is 14.7 Å². The fraction of sp³-hybridized carbons (Fsp3) is 0.300. The molecule has 80 valence electrons. The average molecular weight is 208 g/mol. The lowest BCUT2D eigenvalue weighted by Gasteiger charge is -2.08. The number of aromatic nitrogens is 1. The van der Waals surface area contributed by atoms with E-state index < -0.39 is 5.97 Å². The number of oxime groups is 1. The van der Waals surface area contributed by atoms with E-state index in [2.05, 4.69) is 10.1 Å². The van der Waals surface area contributed by atoms with Crippen LogP contribution >= 0.6 is 0 Å². The number of nitrogens with zero attached hydrogens (tertiary/aromatic N) is 2. The lowest BCUT2D eigenvalue weighted by Crippen LogP contribution is -2.14. The molecule has 5 nitrogen and oxygen atoms in total. The largest absolute Gasteiger partial charge is 0.459 e. The lowest BCUT2D eigenvalue weighted by atomic mass is 10.2. The van der Waals surface area contributed by atoms with Gasteiger partial charge in [0.05, 0.1) is 23.6 Å². The number of esters is 1. The third-order valence-electron chi connectivity index (χ3n) is 1.58. The van der Waals surface area contributed by atoms with Gasteiger partial charge in [-0.15, -0.1) is 0 Å². The van der Waals surface area contributed by atoms with Crippen LogP contribution < -0.4 is 0 Å². The number of carbonyl (C=O) groups is 1. The number of hydrogen-bond acceptors (Lipinski definition) is 5. The second kappa shape index (κ2) is 5.09. The van der Waals surface area contributed by atoms with Gasteiger partial charge in [0.25, 0.3) is 0 Å². The molecule has 0 atom stereocenters. The Balaban J connectivity index is 2.97. The Morgan fingerprint density at radius 2 is 2.40 bits per heavy atom. The Labute approximate surface area is 87.4 Å². The Morgan fingerprint density at radius 1 is 1.67 bits per heavy atom. The van der Waals surface area contributed by atoms with Crippen molar-refractivity contribution in [2.24, 2.45) is 5.16 Å². The van der Waals surface area contributed by atoms with Crippen LogP contribution in [-0.2, 0) is 4.74 Å². The first-order chi connectivity index (χ1) is 7.15. The van der Waals surface area contributed by atoms with Crippen molar-refractivity contribution in [3.8, 4) is 0 Å². The van der Waals surface area contributed by atoms with Gasteiger partial charge in [0.1, 0.15) is 0 Å². The molecule has 1 N–H and O–H groups in total. The van der Waals surface area contributed by atoms with Gasteiger partial charge in [-0.25, -0.2) is 4.79 Å². The van der Waals surface area contributed by atoms with Crippen molar-refractivity contribution in [1.29, 1.82) is 0 Å². The van der Waals surface area contributed by atoms with Gasteiger partial charge in [0.15, 0.2) is 0 Å². The molecule has 0 aliphatic carbocycles. The molecule has 0 unspecified atom stereocenters. The standard InChI is InChI=1S/C10H12N2O3/c1-7(2)15-10(13)8-4-3-5-11-9(8)6-12-14/h3-7,14H,1-2H3/b12-6-. The van der Waals surface area contributed by atoms with Gasteiger partial charge < -0.3 is 9.94 Å². The van der Waals surface area contributed by atoms with Gasteiger partial charge in [-0.05, 0) is 26.0 Å². The van der Waals surface area contributed by atoms with E-state index in [1.54, 1.807) is 26.0 Å². The van der Waals surface area contributed by atoms with Crippen molar-refractivity contribution in [2.45, 2.75) is 20.0 Å². The maximum Gasteiger partial charge on any atom is 0.340 e. The first-order valence-electron chi connectivity index (χ1n) is 4.48. The minimum atomic E-state index is -0.479. The predicted molar refractivity (Wildman–Crippen MR) is 54.2 cm³/mol. The molecule has 15 heavy (non-hydrogen) atoms. The van der Waals surface area contributed by atoms with E-state index in [0.717, 1.165) is 6.21 Å². The molecular formula is C10H12N2O3. The summed E-state index contributed by atoms with van der Waals surface area (Å²) in [5, 5.41) is 11.2. The van der Waals surface area contributed by atoms with Gasteiger partial charge in [-0.2, -0.15) is 0 Å². The molecule has 0 spiro atoms.